The van der Waals surface area contributed by atoms with E-state index in [0.717, 1.165) is 7.11 Å². The number of ketones is 1. The van der Waals surface area contributed by atoms with Crippen LogP contribution in [0.4, 0.5) is 5.69 Å². The van der Waals surface area contributed by atoms with Crippen molar-refractivity contribution in [3.63, 3.8) is 0 Å². The molecule has 0 aromatic heterocycles. The highest BCUT2D eigenvalue weighted by Gasteiger charge is 2.29. The first-order chi connectivity index (χ1) is 9.01. The average Bonchev–Trinajstić information content (AvgIpc) is 2.39. The van der Waals surface area contributed by atoms with Gasteiger partial charge in [0.2, 0.25) is 11.8 Å². The quantitative estimate of drug-likeness (QED) is 0.497. The minimum atomic E-state index is -1.54. The zero-order valence-electron chi connectivity index (χ0n) is 10.5. The molecule has 0 radical (unpaired) electrons. The third-order valence-corrected chi connectivity index (χ3v) is 2.33. The molecule has 1 N–H and O–H groups in total. The number of ether oxygens (including phenoxy) is 1. The van der Waals surface area contributed by atoms with Crippen LogP contribution >= 0.6 is 0 Å². The number of rotatable bonds is 4. The minimum absolute atomic E-state index is 0.0923. The molecule has 1 atom stereocenters. The summed E-state index contributed by atoms with van der Waals surface area (Å²) in [5, 5.41) is 11.3. The summed E-state index contributed by atoms with van der Waals surface area (Å²) in [7, 11) is 1.10. The molecule has 0 aliphatic carbocycles. The van der Waals surface area contributed by atoms with E-state index in [1.165, 1.54) is 19.1 Å². The second kappa shape index (κ2) is 6.31. The van der Waals surface area contributed by atoms with E-state index < -0.39 is 17.7 Å². The molecule has 98 valence electrons. The van der Waals surface area contributed by atoms with Gasteiger partial charge in [-0.2, -0.15) is 5.26 Å². The molecule has 1 aromatic carbocycles. The number of hydrogen-bond acceptors (Lipinski definition) is 5. The van der Waals surface area contributed by atoms with Crippen molar-refractivity contribution in [1.29, 1.82) is 5.26 Å². The lowest BCUT2D eigenvalue weighted by Gasteiger charge is -2.10. The number of benzene rings is 1. The summed E-state index contributed by atoms with van der Waals surface area (Å²) in [5.41, 5.74) is 0.346. The fourth-order valence-electron chi connectivity index (χ4n) is 1.49. The Labute approximate surface area is 110 Å². The van der Waals surface area contributed by atoms with Gasteiger partial charge in [-0.05, 0) is 12.1 Å². The maximum absolute atomic E-state index is 12.1. The number of carbonyl (C=O) groups is 3. The molecule has 0 saturated heterocycles. The Morgan fingerprint density at radius 1 is 1.32 bits per heavy atom. The normalized spacial score (nSPS) is 11.0. The Bertz CT molecular complexity index is 560. The number of nitriles is 1. The van der Waals surface area contributed by atoms with Crippen molar-refractivity contribution < 1.29 is 19.1 Å². The predicted octanol–water partition coefficient (Wildman–Crippen LogP) is 1.14. The van der Waals surface area contributed by atoms with Crippen molar-refractivity contribution in [2.24, 2.45) is 5.92 Å². The molecule has 1 amide bonds. The number of amides is 1. The van der Waals surface area contributed by atoms with E-state index in [2.05, 4.69) is 10.1 Å². The van der Waals surface area contributed by atoms with Crippen LogP contribution in [0, 0.1) is 17.2 Å². The van der Waals surface area contributed by atoms with Gasteiger partial charge >= 0.3 is 5.97 Å². The fourth-order valence-corrected chi connectivity index (χ4v) is 1.49. The van der Waals surface area contributed by atoms with Gasteiger partial charge in [-0.15, -0.1) is 0 Å². The first-order valence-electron chi connectivity index (χ1n) is 5.39. The molecule has 6 heteroatoms. The van der Waals surface area contributed by atoms with E-state index in [1.807, 2.05) is 0 Å². The van der Waals surface area contributed by atoms with E-state index in [0.29, 0.717) is 0 Å². The largest absolute Gasteiger partial charge is 0.468 e. The molecule has 0 bridgehead atoms. The summed E-state index contributed by atoms with van der Waals surface area (Å²) in [6.07, 6.45) is 0. The number of nitrogens with one attached hydrogen (secondary N) is 1. The van der Waals surface area contributed by atoms with Gasteiger partial charge < -0.3 is 10.1 Å². The Morgan fingerprint density at radius 3 is 2.47 bits per heavy atom. The number of methoxy groups -OCH3 is 1. The number of Topliss-reactive ketones (excluding diaryl/α,β-unsaturated/α-hetero) is 1. The zero-order valence-corrected chi connectivity index (χ0v) is 10.5. The van der Waals surface area contributed by atoms with E-state index >= 15 is 0 Å². The molecule has 0 aliphatic rings. The average molecular weight is 260 g/mol. The van der Waals surface area contributed by atoms with Gasteiger partial charge in [-0.1, -0.05) is 12.1 Å². The summed E-state index contributed by atoms with van der Waals surface area (Å²) < 4.78 is 4.40. The molecule has 0 saturated carbocycles. The van der Waals surface area contributed by atoms with Gasteiger partial charge in [0.05, 0.1) is 18.9 Å². The molecule has 0 fully saturated rings. The second-order valence-electron chi connectivity index (χ2n) is 3.68. The smallest absolute Gasteiger partial charge is 0.331 e. The second-order valence-corrected chi connectivity index (χ2v) is 3.68. The van der Waals surface area contributed by atoms with Crippen molar-refractivity contribution in [2.45, 2.75) is 6.92 Å². The molecule has 1 rings (SSSR count). The Morgan fingerprint density at radius 2 is 1.95 bits per heavy atom. The van der Waals surface area contributed by atoms with E-state index in [-0.39, 0.29) is 17.2 Å². The number of esters is 1. The first-order valence-corrected chi connectivity index (χ1v) is 5.39. The van der Waals surface area contributed by atoms with Gasteiger partial charge in [-0.25, -0.2) is 0 Å². The lowest BCUT2D eigenvalue weighted by Crippen LogP contribution is -2.25. The standard InChI is InChI=1S/C13H12N2O4/c1-8(16)15-11-6-4-3-5-9(11)12(17)10(7-14)13(18)19-2/h3-6,10H,1-2H3,(H,15,16). The lowest BCUT2D eigenvalue weighted by molar-refractivity contribution is -0.141. The molecule has 0 spiro atoms. The third-order valence-electron chi connectivity index (χ3n) is 2.33. The Balaban J connectivity index is 3.15. The van der Waals surface area contributed by atoms with Crippen LogP contribution in [-0.2, 0) is 14.3 Å². The van der Waals surface area contributed by atoms with Crippen LogP contribution in [-0.4, -0.2) is 24.8 Å². The molecule has 1 aromatic rings. The lowest BCUT2D eigenvalue weighted by atomic mass is 9.97. The summed E-state index contributed by atoms with van der Waals surface area (Å²) >= 11 is 0. The maximum atomic E-state index is 12.1. The van der Waals surface area contributed by atoms with Gasteiger partial charge in [0.1, 0.15) is 0 Å². The molecule has 0 aliphatic heterocycles. The van der Waals surface area contributed by atoms with Crippen molar-refractivity contribution >= 4 is 23.3 Å². The molecular weight excluding hydrogens is 248 g/mol. The van der Waals surface area contributed by atoms with Crippen LogP contribution in [0.5, 0.6) is 0 Å². The van der Waals surface area contributed by atoms with Crippen LogP contribution < -0.4 is 5.32 Å². The summed E-state index contributed by atoms with van der Waals surface area (Å²) in [4.78, 5) is 34.5. The highest BCUT2D eigenvalue weighted by Crippen LogP contribution is 2.19. The summed E-state index contributed by atoms with van der Waals surface area (Å²) in [5.74, 6) is -3.53. The monoisotopic (exact) mass is 260 g/mol. The van der Waals surface area contributed by atoms with Crippen LogP contribution in [0.15, 0.2) is 24.3 Å². The third kappa shape index (κ3) is 3.39. The minimum Gasteiger partial charge on any atom is -0.468 e. The molecule has 6 nitrogen and oxygen atoms in total. The highest BCUT2D eigenvalue weighted by molar-refractivity contribution is 6.14. The Kier molecular flexibility index (Phi) is 4.77. The van der Waals surface area contributed by atoms with E-state index in [9.17, 15) is 14.4 Å². The van der Waals surface area contributed by atoms with Crippen LogP contribution in [0.1, 0.15) is 17.3 Å². The number of carbonyl (C=O) groups excluding carboxylic acids is 3. The Hall–Kier alpha value is -2.68. The molecule has 1 unspecified atom stereocenters. The first kappa shape index (κ1) is 14.4. The summed E-state index contributed by atoms with van der Waals surface area (Å²) in [6, 6.07) is 7.74. The molecule has 19 heavy (non-hydrogen) atoms. The number of nitrogens with zero attached hydrogens (tertiary/aromatic N) is 1. The van der Waals surface area contributed by atoms with Gasteiger partial charge in [0.25, 0.3) is 0 Å². The predicted molar refractivity (Wildman–Crippen MR) is 66.2 cm³/mol. The van der Waals surface area contributed by atoms with Gasteiger partial charge in [0.15, 0.2) is 5.78 Å². The SMILES string of the molecule is COC(=O)C(C#N)C(=O)c1ccccc1NC(C)=O. The van der Waals surface area contributed by atoms with Crippen molar-refractivity contribution in [3.05, 3.63) is 29.8 Å². The molecular formula is C13H12N2O4. The van der Waals surface area contributed by atoms with Crippen LogP contribution in [0.25, 0.3) is 0 Å². The van der Waals surface area contributed by atoms with Gasteiger partial charge in [-0.3, -0.25) is 14.4 Å². The topological polar surface area (TPSA) is 96.3 Å². The van der Waals surface area contributed by atoms with E-state index in [1.54, 1.807) is 18.2 Å². The number of anilines is 1. The maximum Gasteiger partial charge on any atom is 0.331 e. The van der Waals surface area contributed by atoms with Crippen molar-refractivity contribution in [3.8, 4) is 6.07 Å². The van der Waals surface area contributed by atoms with Crippen molar-refractivity contribution in [2.75, 3.05) is 12.4 Å². The summed E-state index contributed by atoms with van der Waals surface area (Å²) in [6.45, 7) is 1.29. The van der Waals surface area contributed by atoms with Crippen molar-refractivity contribution in [1.82, 2.24) is 0 Å². The molecule has 0 heterocycles. The van der Waals surface area contributed by atoms with Crippen LogP contribution in [0.2, 0.25) is 0 Å². The fraction of sp³-hybridized carbons (Fsp3) is 0.231. The number of para-hydroxylation sites is 1. The van der Waals surface area contributed by atoms with Gasteiger partial charge in [0, 0.05) is 12.5 Å². The zero-order chi connectivity index (χ0) is 14.4. The van der Waals surface area contributed by atoms with E-state index in [4.69, 9.17) is 5.26 Å². The number of hydrogen-bond donors (Lipinski definition) is 1. The highest BCUT2D eigenvalue weighted by atomic mass is 16.5. The van der Waals surface area contributed by atoms with Crippen LogP contribution in [0.3, 0.4) is 0 Å².